The second-order valence-corrected chi connectivity index (χ2v) is 7.75. The zero-order valence-corrected chi connectivity index (χ0v) is 17.2. The summed E-state index contributed by atoms with van der Waals surface area (Å²) >= 11 is 1.26. The molecule has 3 rings (SSSR count). The summed E-state index contributed by atoms with van der Waals surface area (Å²) in [5.74, 6) is 0.643. The quantitative estimate of drug-likeness (QED) is 0.351. The molecular formula is C22H23N3O3S. The highest BCUT2D eigenvalue weighted by molar-refractivity contribution is 8.00. The van der Waals surface area contributed by atoms with Gasteiger partial charge in [0.2, 0.25) is 5.91 Å². The third kappa shape index (κ3) is 4.86. The van der Waals surface area contributed by atoms with Gasteiger partial charge in [0.05, 0.1) is 23.3 Å². The van der Waals surface area contributed by atoms with Crippen LogP contribution < -0.4 is 15.6 Å². The van der Waals surface area contributed by atoms with Crippen LogP contribution in [0.25, 0.3) is 10.9 Å². The van der Waals surface area contributed by atoms with E-state index in [4.69, 9.17) is 4.74 Å². The van der Waals surface area contributed by atoms with Gasteiger partial charge < -0.3 is 10.1 Å². The number of rotatable bonds is 8. The summed E-state index contributed by atoms with van der Waals surface area (Å²) in [5, 5.41) is 3.56. The van der Waals surface area contributed by atoms with E-state index in [1.54, 1.807) is 36.8 Å². The minimum Gasteiger partial charge on any atom is -0.497 e. The van der Waals surface area contributed by atoms with Gasteiger partial charge in [-0.25, -0.2) is 4.98 Å². The molecule has 1 amide bonds. The van der Waals surface area contributed by atoms with E-state index in [2.05, 4.69) is 16.9 Å². The first-order chi connectivity index (χ1) is 14.0. The molecule has 1 heterocycles. The maximum atomic E-state index is 12.8. The van der Waals surface area contributed by atoms with E-state index in [1.807, 2.05) is 36.4 Å². The Kier molecular flexibility index (Phi) is 6.72. The third-order valence-electron chi connectivity index (χ3n) is 4.42. The molecule has 0 saturated heterocycles. The zero-order valence-electron chi connectivity index (χ0n) is 16.4. The van der Waals surface area contributed by atoms with Gasteiger partial charge in [-0.3, -0.25) is 14.2 Å². The highest BCUT2D eigenvalue weighted by Crippen LogP contribution is 2.23. The summed E-state index contributed by atoms with van der Waals surface area (Å²) in [5.41, 5.74) is 1.46. The van der Waals surface area contributed by atoms with Crippen LogP contribution in [0.3, 0.4) is 0 Å². The Labute approximate surface area is 173 Å². The van der Waals surface area contributed by atoms with Gasteiger partial charge in [-0.05, 0) is 36.8 Å². The topological polar surface area (TPSA) is 73.2 Å². The van der Waals surface area contributed by atoms with Gasteiger partial charge in [-0.1, -0.05) is 42.1 Å². The van der Waals surface area contributed by atoms with Crippen molar-refractivity contribution >= 4 is 28.6 Å². The predicted octanol–water partition coefficient (Wildman–Crippen LogP) is 3.39. The van der Waals surface area contributed by atoms with Crippen LogP contribution in [0.2, 0.25) is 0 Å². The molecule has 7 heteroatoms. The highest BCUT2D eigenvalue weighted by Gasteiger charge is 2.19. The number of amides is 1. The normalized spacial score (nSPS) is 11.8. The fourth-order valence-electron chi connectivity index (χ4n) is 2.82. The first kappa shape index (κ1) is 20.7. The average Bonchev–Trinajstić information content (AvgIpc) is 2.75. The lowest BCUT2D eigenvalue weighted by Gasteiger charge is -2.15. The Bertz CT molecular complexity index is 1080. The lowest BCUT2D eigenvalue weighted by molar-refractivity contribution is -0.120. The molecule has 0 aliphatic rings. The van der Waals surface area contributed by atoms with Crippen molar-refractivity contribution < 1.29 is 9.53 Å². The van der Waals surface area contributed by atoms with Crippen LogP contribution in [0.15, 0.2) is 71.1 Å². The molecule has 0 bridgehead atoms. The van der Waals surface area contributed by atoms with E-state index in [0.29, 0.717) is 29.1 Å². The number of nitrogens with one attached hydrogen (secondary N) is 1. The fraction of sp³-hybridized carbons (Fsp3) is 0.227. The Morgan fingerprint density at radius 2 is 2.00 bits per heavy atom. The summed E-state index contributed by atoms with van der Waals surface area (Å²) in [4.78, 5) is 30.0. The van der Waals surface area contributed by atoms with Crippen LogP contribution in [0, 0.1) is 0 Å². The number of carbonyl (C=O) groups is 1. The zero-order chi connectivity index (χ0) is 20.8. The molecule has 29 heavy (non-hydrogen) atoms. The van der Waals surface area contributed by atoms with Gasteiger partial charge in [0.15, 0.2) is 5.16 Å². The number of allylic oxidation sites excluding steroid dienone is 1. The molecule has 1 unspecified atom stereocenters. The number of thioether (sulfide) groups is 1. The van der Waals surface area contributed by atoms with Crippen molar-refractivity contribution in [2.75, 3.05) is 7.11 Å². The molecular weight excluding hydrogens is 386 g/mol. The fourth-order valence-corrected chi connectivity index (χ4v) is 3.76. The lowest BCUT2D eigenvalue weighted by atomic mass is 10.2. The second kappa shape index (κ2) is 9.43. The number of hydrogen-bond donors (Lipinski definition) is 1. The van der Waals surface area contributed by atoms with Crippen molar-refractivity contribution in [1.29, 1.82) is 0 Å². The monoisotopic (exact) mass is 409 g/mol. The van der Waals surface area contributed by atoms with E-state index < -0.39 is 5.25 Å². The van der Waals surface area contributed by atoms with E-state index in [-0.39, 0.29) is 11.5 Å². The van der Waals surface area contributed by atoms with Crippen molar-refractivity contribution in [3.8, 4) is 5.75 Å². The molecule has 2 aromatic carbocycles. The first-order valence-corrected chi connectivity index (χ1v) is 10.1. The van der Waals surface area contributed by atoms with Gasteiger partial charge >= 0.3 is 0 Å². The second-order valence-electron chi connectivity index (χ2n) is 6.44. The number of para-hydroxylation sites is 1. The molecule has 150 valence electrons. The Morgan fingerprint density at radius 1 is 1.28 bits per heavy atom. The SMILES string of the molecule is C=CCn1c(SC(C)C(=O)NCc2ccc(OC)cc2)nc2ccccc2c1=O. The van der Waals surface area contributed by atoms with Crippen LogP contribution in [-0.2, 0) is 17.9 Å². The van der Waals surface area contributed by atoms with Crippen LogP contribution in [0.5, 0.6) is 5.75 Å². The van der Waals surface area contributed by atoms with E-state index >= 15 is 0 Å². The smallest absolute Gasteiger partial charge is 0.262 e. The molecule has 6 nitrogen and oxygen atoms in total. The number of benzene rings is 2. The lowest BCUT2D eigenvalue weighted by Crippen LogP contribution is -2.31. The molecule has 1 aromatic heterocycles. The number of nitrogens with zero attached hydrogens (tertiary/aromatic N) is 2. The Morgan fingerprint density at radius 3 is 2.69 bits per heavy atom. The Hall–Kier alpha value is -3.06. The number of ether oxygens (including phenoxy) is 1. The number of hydrogen-bond acceptors (Lipinski definition) is 5. The van der Waals surface area contributed by atoms with Crippen LogP contribution in [0.4, 0.5) is 0 Å². The highest BCUT2D eigenvalue weighted by atomic mass is 32.2. The first-order valence-electron chi connectivity index (χ1n) is 9.21. The Balaban J connectivity index is 1.74. The van der Waals surface area contributed by atoms with Crippen molar-refractivity contribution in [2.45, 2.75) is 30.4 Å². The van der Waals surface area contributed by atoms with Crippen molar-refractivity contribution in [3.05, 3.63) is 77.1 Å². The van der Waals surface area contributed by atoms with Crippen molar-refractivity contribution in [2.24, 2.45) is 0 Å². The number of carbonyl (C=O) groups excluding carboxylic acids is 1. The third-order valence-corrected chi connectivity index (χ3v) is 5.51. The summed E-state index contributed by atoms with van der Waals surface area (Å²) in [6.07, 6.45) is 1.65. The summed E-state index contributed by atoms with van der Waals surface area (Å²) in [6.45, 7) is 6.27. The van der Waals surface area contributed by atoms with Gasteiger partial charge in [0.1, 0.15) is 5.75 Å². The molecule has 0 saturated carbocycles. The largest absolute Gasteiger partial charge is 0.497 e. The van der Waals surface area contributed by atoms with Gasteiger partial charge in [0, 0.05) is 13.1 Å². The van der Waals surface area contributed by atoms with Gasteiger partial charge in [-0.2, -0.15) is 0 Å². The molecule has 0 aliphatic carbocycles. The average molecular weight is 410 g/mol. The predicted molar refractivity (Wildman–Crippen MR) is 116 cm³/mol. The van der Waals surface area contributed by atoms with Crippen molar-refractivity contribution in [3.63, 3.8) is 0 Å². The van der Waals surface area contributed by atoms with E-state index in [0.717, 1.165) is 11.3 Å². The van der Waals surface area contributed by atoms with Gasteiger partial charge in [-0.15, -0.1) is 6.58 Å². The summed E-state index contributed by atoms with van der Waals surface area (Å²) in [6, 6.07) is 14.7. The minimum atomic E-state index is -0.419. The molecule has 0 fully saturated rings. The maximum Gasteiger partial charge on any atom is 0.262 e. The minimum absolute atomic E-state index is 0.127. The van der Waals surface area contributed by atoms with E-state index in [1.165, 1.54) is 11.8 Å². The molecule has 1 atom stereocenters. The van der Waals surface area contributed by atoms with E-state index in [9.17, 15) is 9.59 Å². The number of fused-ring (bicyclic) bond motifs is 1. The standard InChI is InChI=1S/C22H23N3O3S/c1-4-13-25-21(27)18-7-5-6-8-19(18)24-22(25)29-15(2)20(26)23-14-16-9-11-17(28-3)12-10-16/h4-12,15H,1,13-14H2,2-3H3,(H,23,26). The number of aromatic nitrogens is 2. The van der Waals surface area contributed by atoms with Gasteiger partial charge in [0.25, 0.3) is 5.56 Å². The molecule has 0 radical (unpaired) electrons. The van der Waals surface area contributed by atoms with Crippen molar-refractivity contribution in [1.82, 2.24) is 14.9 Å². The van der Waals surface area contributed by atoms with Crippen LogP contribution in [-0.4, -0.2) is 27.8 Å². The van der Waals surface area contributed by atoms with Crippen LogP contribution >= 0.6 is 11.8 Å². The number of methoxy groups -OCH3 is 1. The molecule has 0 spiro atoms. The maximum absolute atomic E-state index is 12.8. The molecule has 1 N–H and O–H groups in total. The molecule has 0 aliphatic heterocycles. The van der Waals surface area contributed by atoms with Crippen LogP contribution in [0.1, 0.15) is 12.5 Å². The summed E-state index contributed by atoms with van der Waals surface area (Å²) < 4.78 is 6.69. The summed E-state index contributed by atoms with van der Waals surface area (Å²) in [7, 11) is 1.61. The molecule has 3 aromatic rings.